The molecule has 0 aliphatic carbocycles. The van der Waals surface area contributed by atoms with Gasteiger partial charge in [-0.05, 0) is 17.7 Å². The predicted octanol–water partition coefficient (Wildman–Crippen LogP) is 3.11. The third-order valence-corrected chi connectivity index (χ3v) is 3.23. The summed E-state index contributed by atoms with van der Waals surface area (Å²) in [6.07, 6.45) is 0.530. The summed E-state index contributed by atoms with van der Waals surface area (Å²) in [6.45, 7) is 1.72. The quantitative estimate of drug-likeness (QED) is 0.834. The van der Waals surface area contributed by atoms with Crippen LogP contribution in [-0.2, 0) is 9.53 Å². The number of rotatable bonds is 6. The molecule has 0 aliphatic heterocycles. The molecule has 0 fully saturated rings. The highest BCUT2D eigenvalue weighted by atomic mass is 16.5. The van der Waals surface area contributed by atoms with Gasteiger partial charge in [-0.25, -0.2) is 4.79 Å². The van der Waals surface area contributed by atoms with Crippen LogP contribution in [0.1, 0.15) is 35.3 Å². The number of nitrogens with one attached hydrogen (secondary N) is 1. The molecule has 0 saturated heterocycles. The molecule has 1 N–H and O–H groups in total. The lowest BCUT2D eigenvalue weighted by atomic mass is 10.0. The van der Waals surface area contributed by atoms with E-state index in [0.717, 1.165) is 5.56 Å². The molecule has 2 aromatic rings. The minimum Gasteiger partial charge on any atom is -0.462 e. The summed E-state index contributed by atoms with van der Waals surface area (Å²) in [4.78, 5) is 23.2. The maximum absolute atomic E-state index is 11.9. The van der Waals surface area contributed by atoms with E-state index in [1.165, 1.54) is 6.92 Å². The Morgan fingerprint density at radius 3 is 2.18 bits per heavy atom. The van der Waals surface area contributed by atoms with E-state index >= 15 is 0 Å². The summed E-state index contributed by atoms with van der Waals surface area (Å²) < 4.78 is 5.27. The zero-order chi connectivity index (χ0) is 15.8. The van der Waals surface area contributed by atoms with Gasteiger partial charge in [0.05, 0.1) is 18.2 Å². The number of ether oxygens (including phenoxy) is 1. The van der Waals surface area contributed by atoms with E-state index in [1.54, 1.807) is 24.3 Å². The van der Waals surface area contributed by atoms with E-state index in [2.05, 4.69) is 5.32 Å². The summed E-state index contributed by atoms with van der Waals surface area (Å²) in [6, 6.07) is 18.3. The van der Waals surface area contributed by atoms with Gasteiger partial charge in [-0.15, -0.1) is 0 Å². The first kappa shape index (κ1) is 15.8. The van der Waals surface area contributed by atoms with Crippen LogP contribution in [0.4, 0.5) is 0 Å². The van der Waals surface area contributed by atoms with Crippen LogP contribution in [0.25, 0.3) is 0 Å². The van der Waals surface area contributed by atoms with Crippen LogP contribution in [0.2, 0.25) is 0 Å². The molecular weight excluding hydrogens is 278 g/mol. The van der Waals surface area contributed by atoms with E-state index in [1.807, 2.05) is 36.4 Å². The lowest BCUT2D eigenvalue weighted by Gasteiger charge is -2.18. The third-order valence-electron chi connectivity index (χ3n) is 3.23. The van der Waals surface area contributed by atoms with Crippen molar-refractivity contribution in [3.8, 4) is 0 Å². The number of carbonyl (C=O) groups is 2. The van der Waals surface area contributed by atoms with E-state index in [9.17, 15) is 9.59 Å². The molecule has 1 atom stereocenters. The van der Waals surface area contributed by atoms with Gasteiger partial charge in [0.15, 0.2) is 0 Å². The van der Waals surface area contributed by atoms with Gasteiger partial charge in [0.2, 0.25) is 5.91 Å². The molecule has 1 amide bonds. The smallest absolute Gasteiger partial charge is 0.338 e. The second-order valence-electron chi connectivity index (χ2n) is 4.95. The molecule has 0 bridgehead atoms. The Morgan fingerprint density at radius 1 is 1.00 bits per heavy atom. The molecular formula is C18H19NO3. The summed E-state index contributed by atoms with van der Waals surface area (Å²) in [7, 11) is 0. The maximum Gasteiger partial charge on any atom is 0.338 e. The number of carbonyl (C=O) groups excluding carboxylic acids is 2. The molecule has 4 heteroatoms. The highest BCUT2D eigenvalue weighted by molar-refractivity contribution is 5.89. The van der Waals surface area contributed by atoms with Gasteiger partial charge >= 0.3 is 5.97 Å². The minimum absolute atomic E-state index is 0.108. The first-order valence-corrected chi connectivity index (χ1v) is 7.21. The highest BCUT2D eigenvalue weighted by Crippen LogP contribution is 2.16. The van der Waals surface area contributed by atoms with Crippen molar-refractivity contribution in [1.29, 1.82) is 0 Å². The molecule has 0 saturated carbocycles. The standard InChI is InChI=1S/C18H19NO3/c1-14(20)19-17(15-8-4-2-5-9-15)12-13-22-18(21)16-10-6-3-7-11-16/h2-11,17H,12-13H2,1H3,(H,19,20). The van der Waals surface area contributed by atoms with Crippen molar-refractivity contribution in [3.05, 3.63) is 71.8 Å². The number of esters is 1. The Morgan fingerprint density at radius 2 is 1.59 bits per heavy atom. The number of hydrogen-bond donors (Lipinski definition) is 1. The monoisotopic (exact) mass is 297 g/mol. The van der Waals surface area contributed by atoms with Crippen LogP contribution in [0.5, 0.6) is 0 Å². The van der Waals surface area contributed by atoms with Gasteiger partial charge < -0.3 is 10.1 Å². The molecule has 22 heavy (non-hydrogen) atoms. The first-order valence-electron chi connectivity index (χ1n) is 7.21. The summed E-state index contributed by atoms with van der Waals surface area (Å²) in [5, 5.41) is 2.88. The SMILES string of the molecule is CC(=O)NC(CCOC(=O)c1ccccc1)c1ccccc1. The van der Waals surface area contributed by atoms with Crippen LogP contribution in [0.3, 0.4) is 0 Å². The van der Waals surface area contributed by atoms with Crippen LogP contribution in [0, 0.1) is 0 Å². The predicted molar refractivity (Wildman–Crippen MR) is 84.3 cm³/mol. The Bertz CT molecular complexity index is 611. The van der Waals surface area contributed by atoms with Gasteiger partial charge in [0.25, 0.3) is 0 Å². The van der Waals surface area contributed by atoms with Crippen molar-refractivity contribution in [1.82, 2.24) is 5.32 Å². The number of amides is 1. The van der Waals surface area contributed by atoms with E-state index < -0.39 is 0 Å². The minimum atomic E-state index is -0.352. The second-order valence-corrected chi connectivity index (χ2v) is 4.95. The molecule has 114 valence electrons. The van der Waals surface area contributed by atoms with Crippen LogP contribution < -0.4 is 5.32 Å². The zero-order valence-electron chi connectivity index (χ0n) is 12.5. The van der Waals surface area contributed by atoms with Crippen molar-refractivity contribution in [2.24, 2.45) is 0 Å². The molecule has 0 aliphatic rings. The molecule has 1 unspecified atom stereocenters. The van der Waals surface area contributed by atoms with Crippen LogP contribution >= 0.6 is 0 Å². The molecule has 0 spiro atoms. The molecule has 2 rings (SSSR count). The summed E-state index contributed by atoms with van der Waals surface area (Å²) in [5.74, 6) is -0.460. The Labute approximate surface area is 130 Å². The van der Waals surface area contributed by atoms with Crippen molar-refractivity contribution in [3.63, 3.8) is 0 Å². The normalized spacial score (nSPS) is 11.5. The van der Waals surface area contributed by atoms with Crippen molar-refractivity contribution in [2.75, 3.05) is 6.61 Å². The van der Waals surface area contributed by atoms with Gasteiger partial charge in [-0.1, -0.05) is 48.5 Å². The fraction of sp³-hybridized carbons (Fsp3) is 0.222. The van der Waals surface area contributed by atoms with Gasteiger partial charge in [0, 0.05) is 13.3 Å². The molecule has 4 nitrogen and oxygen atoms in total. The molecule has 0 aromatic heterocycles. The number of hydrogen-bond acceptors (Lipinski definition) is 3. The average Bonchev–Trinajstić information content (AvgIpc) is 2.55. The second kappa shape index (κ2) is 7.98. The largest absolute Gasteiger partial charge is 0.462 e. The van der Waals surface area contributed by atoms with E-state index in [-0.39, 0.29) is 24.5 Å². The van der Waals surface area contributed by atoms with Gasteiger partial charge in [-0.2, -0.15) is 0 Å². The molecule has 0 heterocycles. The fourth-order valence-corrected chi connectivity index (χ4v) is 2.18. The lowest BCUT2D eigenvalue weighted by molar-refractivity contribution is -0.119. The van der Waals surface area contributed by atoms with Crippen LogP contribution in [0.15, 0.2) is 60.7 Å². The topological polar surface area (TPSA) is 55.4 Å². The van der Waals surface area contributed by atoms with Gasteiger partial charge in [-0.3, -0.25) is 4.79 Å². The Hall–Kier alpha value is -2.62. The van der Waals surface area contributed by atoms with Crippen molar-refractivity contribution in [2.45, 2.75) is 19.4 Å². The van der Waals surface area contributed by atoms with E-state index in [4.69, 9.17) is 4.74 Å². The van der Waals surface area contributed by atoms with Crippen molar-refractivity contribution >= 4 is 11.9 Å². The summed E-state index contributed by atoms with van der Waals surface area (Å²) in [5.41, 5.74) is 1.52. The summed E-state index contributed by atoms with van der Waals surface area (Å²) >= 11 is 0. The molecule has 2 aromatic carbocycles. The number of benzene rings is 2. The van der Waals surface area contributed by atoms with Crippen LogP contribution in [-0.4, -0.2) is 18.5 Å². The van der Waals surface area contributed by atoms with Crippen molar-refractivity contribution < 1.29 is 14.3 Å². The maximum atomic E-state index is 11.9. The Balaban J connectivity index is 1.92. The highest BCUT2D eigenvalue weighted by Gasteiger charge is 2.14. The molecule has 0 radical (unpaired) electrons. The Kier molecular flexibility index (Phi) is 5.72. The third kappa shape index (κ3) is 4.74. The van der Waals surface area contributed by atoms with E-state index in [0.29, 0.717) is 12.0 Å². The first-order chi connectivity index (χ1) is 10.7. The zero-order valence-corrected chi connectivity index (χ0v) is 12.5. The fourth-order valence-electron chi connectivity index (χ4n) is 2.18. The lowest BCUT2D eigenvalue weighted by Crippen LogP contribution is -2.27. The average molecular weight is 297 g/mol. The van der Waals surface area contributed by atoms with Gasteiger partial charge in [0.1, 0.15) is 0 Å².